The van der Waals surface area contributed by atoms with Crippen LogP contribution in [0.15, 0.2) is 24.4 Å². The van der Waals surface area contributed by atoms with Crippen LogP contribution < -0.4 is 0 Å². The number of fused-ring (bicyclic) bond motifs is 1. The van der Waals surface area contributed by atoms with Crippen molar-refractivity contribution in [2.75, 3.05) is 0 Å². The predicted molar refractivity (Wildman–Crippen MR) is 81.2 cm³/mol. The van der Waals surface area contributed by atoms with Crippen LogP contribution in [0.3, 0.4) is 0 Å². The Hall–Kier alpha value is -1.64. The van der Waals surface area contributed by atoms with E-state index in [0.717, 1.165) is 31.5 Å². The third-order valence-electron chi connectivity index (χ3n) is 4.22. The van der Waals surface area contributed by atoms with Gasteiger partial charge in [-0.25, -0.2) is 9.67 Å². The van der Waals surface area contributed by atoms with E-state index in [9.17, 15) is 0 Å². The SMILES string of the molecule is CCCc1nn(-c2ccccn2)c2c1CCC(C)(C)C2. The van der Waals surface area contributed by atoms with Crippen molar-refractivity contribution in [3.05, 3.63) is 41.3 Å². The van der Waals surface area contributed by atoms with E-state index in [-0.39, 0.29) is 0 Å². The van der Waals surface area contributed by atoms with Crippen LogP contribution in [0.25, 0.3) is 5.82 Å². The van der Waals surface area contributed by atoms with Crippen LogP contribution in [0.1, 0.15) is 50.6 Å². The second kappa shape index (κ2) is 5.04. The van der Waals surface area contributed by atoms with Crippen LogP contribution >= 0.6 is 0 Å². The first-order valence-electron chi connectivity index (χ1n) is 7.62. The molecule has 2 aromatic heterocycles. The number of hydrogen-bond donors (Lipinski definition) is 0. The van der Waals surface area contributed by atoms with Crippen LogP contribution in [0.5, 0.6) is 0 Å². The highest BCUT2D eigenvalue weighted by atomic mass is 15.3. The van der Waals surface area contributed by atoms with Gasteiger partial charge in [-0.05, 0) is 48.8 Å². The minimum Gasteiger partial charge on any atom is -0.237 e. The number of aryl methyl sites for hydroxylation is 1. The molecule has 3 heteroatoms. The molecule has 2 heterocycles. The van der Waals surface area contributed by atoms with E-state index in [2.05, 4.69) is 30.4 Å². The number of rotatable bonds is 3. The van der Waals surface area contributed by atoms with Crippen LogP contribution in [-0.2, 0) is 19.3 Å². The molecule has 1 aliphatic carbocycles. The molecule has 0 aliphatic heterocycles. The number of pyridine rings is 1. The summed E-state index contributed by atoms with van der Waals surface area (Å²) >= 11 is 0. The molecule has 106 valence electrons. The highest BCUT2D eigenvalue weighted by Gasteiger charge is 2.31. The number of aromatic nitrogens is 3. The van der Waals surface area contributed by atoms with Crippen molar-refractivity contribution in [1.82, 2.24) is 14.8 Å². The summed E-state index contributed by atoms with van der Waals surface area (Å²) in [4.78, 5) is 4.48. The summed E-state index contributed by atoms with van der Waals surface area (Å²) in [6.07, 6.45) is 7.57. The van der Waals surface area contributed by atoms with Gasteiger partial charge in [-0.3, -0.25) is 0 Å². The number of nitrogens with zero attached hydrogens (tertiary/aromatic N) is 3. The molecule has 3 rings (SSSR count). The third kappa shape index (κ3) is 2.37. The Kier molecular flexibility index (Phi) is 3.36. The van der Waals surface area contributed by atoms with E-state index in [1.807, 2.05) is 24.4 Å². The monoisotopic (exact) mass is 269 g/mol. The lowest BCUT2D eigenvalue weighted by Gasteiger charge is -2.30. The minimum atomic E-state index is 0.364. The topological polar surface area (TPSA) is 30.7 Å². The van der Waals surface area contributed by atoms with Gasteiger partial charge < -0.3 is 0 Å². The lowest BCUT2D eigenvalue weighted by atomic mass is 9.76. The predicted octanol–water partition coefficient (Wildman–Crippen LogP) is 3.73. The molecule has 0 N–H and O–H groups in total. The van der Waals surface area contributed by atoms with Crippen molar-refractivity contribution in [2.24, 2.45) is 5.41 Å². The van der Waals surface area contributed by atoms with E-state index in [0.29, 0.717) is 5.41 Å². The Labute approximate surface area is 121 Å². The van der Waals surface area contributed by atoms with E-state index >= 15 is 0 Å². The summed E-state index contributed by atoms with van der Waals surface area (Å²) in [5, 5.41) is 4.87. The van der Waals surface area contributed by atoms with Crippen molar-refractivity contribution in [1.29, 1.82) is 0 Å². The normalized spacial score (nSPS) is 16.9. The van der Waals surface area contributed by atoms with Gasteiger partial charge in [0.25, 0.3) is 0 Å². The van der Waals surface area contributed by atoms with E-state index in [4.69, 9.17) is 5.10 Å². The van der Waals surface area contributed by atoms with Gasteiger partial charge in [0.15, 0.2) is 5.82 Å². The number of hydrogen-bond acceptors (Lipinski definition) is 2. The average Bonchev–Trinajstić information content (AvgIpc) is 2.77. The van der Waals surface area contributed by atoms with Gasteiger partial charge in [0, 0.05) is 6.20 Å². The molecular formula is C17H23N3. The third-order valence-corrected chi connectivity index (χ3v) is 4.22. The highest BCUT2D eigenvalue weighted by Crippen LogP contribution is 2.37. The molecule has 0 saturated heterocycles. The minimum absolute atomic E-state index is 0.364. The molecule has 0 fully saturated rings. The van der Waals surface area contributed by atoms with Gasteiger partial charge in [-0.2, -0.15) is 5.10 Å². The summed E-state index contributed by atoms with van der Waals surface area (Å²) < 4.78 is 2.08. The Bertz CT molecular complexity index is 596. The molecule has 0 aromatic carbocycles. The fourth-order valence-electron chi connectivity index (χ4n) is 3.12. The van der Waals surface area contributed by atoms with Gasteiger partial charge in [0.1, 0.15) is 0 Å². The molecule has 3 nitrogen and oxygen atoms in total. The quantitative estimate of drug-likeness (QED) is 0.850. The summed E-state index contributed by atoms with van der Waals surface area (Å²) in [5.74, 6) is 0.948. The zero-order valence-electron chi connectivity index (χ0n) is 12.7. The van der Waals surface area contributed by atoms with E-state index in [1.165, 1.54) is 23.4 Å². The summed E-state index contributed by atoms with van der Waals surface area (Å²) in [7, 11) is 0. The van der Waals surface area contributed by atoms with Gasteiger partial charge in [-0.1, -0.05) is 33.3 Å². The zero-order valence-corrected chi connectivity index (χ0v) is 12.7. The maximum Gasteiger partial charge on any atom is 0.153 e. The second-order valence-electron chi connectivity index (χ2n) is 6.56. The molecule has 0 atom stereocenters. The van der Waals surface area contributed by atoms with Crippen LogP contribution in [0, 0.1) is 5.41 Å². The molecule has 0 spiro atoms. The Balaban J connectivity index is 2.11. The molecule has 2 aromatic rings. The van der Waals surface area contributed by atoms with Gasteiger partial charge in [0.2, 0.25) is 0 Å². The van der Waals surface area contributed by atoms with E-state index < -0.39 is 0 Å². The first-order valence-corrected chi connectivity index (χ1v) is 7.62. The maximum absolute atomic E-state index is 4.87. The zero-order chi connectivity index (χ0) is 14.2. The summed E-state index contributed by atoms with van der Waals surface area (Å²) in [6.45, 7) is 6.93. The largest absolute Gasteiger partial charge is 0.237 e. The first-order chi connectivity index (χ1) is 9.61. The lowest BCUT2D eigenvalue weighted by Crippen LogP contribution is -2.24. The van der Waals surface area contributed by atoms with Gasteiger partial charge in [0.05, 0.1) is 11.4 Å². The summed E-state index contributed by atoms with van der Waals surface area (Å²) in [5.41, 5.74) is 4.51. The average molecular weight is 269 g/mol. The van der Waals surface area contributed by atoms with Crippen molar-refractivity contribution in [3.8, 4) is 5.82 Å². The van der Waals surface area contributed by atoms with Crippen molar-refractivity contribution in [3.63, 3.8) is 0 Å². The molecule has 20 heavy (non-hydrogen) atoms. The Morgan fingerprint density at radius 2 is 2.15 bits per heavy atom. The molecule has 0 radical (unpaired) electrons. The van der Waals surface area contributed by atoms with Crippen LogP contribution in [0.4, 0.5) is 0 Å². The Morgan fingerprint density at radius 3 is 2.85 bits per heavy atom. The first kappa shape index (κ1) is 13.3. The smallest absolute Gasteiger partial charge is 0.153 e. The molecule has 0 saturated carbocycles. The molecular weight excluding hydrogens is 246 g/mol. The van der Waals surface area contributed by atoms with E-state index in [1.54, 1.807) is 0 Å². The fraction of sp³-hybridized carbons (Fsp3) is 0.529. The second-order valence-corrected chi connectivity index (χ2v) is 6.56. The van der Waals surface area contributed by atoms with Crippen LogP contribution in [-0.4, -0.2) is 14.8 Å². The molecule has 0 unspecified atom stereocenters. The van der Waals surface area contributed by atoms with Gasteiger partial charge in [-0.15, -0.1) is 0 Å². The van der Waals surface area contributed by atoms with Crippen molar-refractivity contribution < 1.29 is 0 Å². The Morgan fingerprint density at radius 1 is 1.30 bits per heavy atom. The maximum atomic E-state index is 4.87. The highest BCUT2D eigenvalue weighted by molar-refractivity contribution is 5.36. The summed E-state index contributed by atoms with van der Waals surface area (Å²) in [6, 6.07) is 6.03. The lowest BCUT2D eigenvalue weighted by molar-refractivity contribution is 0.308. The van der Waals surface area contributed by atoms with Crippen LogP contribution in [0.2, 0.25) is 0 Å². The molecule has 0 amide bonds. The van der Waals surface area contributed by atoms with Crippen molar-refractivity contribution >= 4 is 0 Å². The fourth-order valence-corrected chi connectivity index (χ4v) is 3.12. The van der Waals surface area contributed by atoms with Gasteiger partial charge >= 0.3 is 0 Å². The van der Waals surface area contributed by atoms with Crippen molar-refractivity contribution in [2.45, 2.75) is 52.9 Å². The molecule has 1 aliphatic rings. The molecule has 0 bridgehead atoms. The standard InChI is InChI=1S/C17H23N3/c1-4-7-14-13-9-10-17(2,3)12-15(13)20(19-14)16-8-5-6-11-18-16/h5-6,8,11H,4,7,9-10,12H2,1-3H3.